The molecule has 0 amide bonds. The highest BCUT2D eigenvalue weighted by molar-refractivity contribution is 7.12. The molecule has 128 valence electrons. The summed E-state index contributed by atoms with van der Waals surface area (Å²) in [4.78, 5) is 24.4. The maximum absolute atomic E-state index is 12.5. The largest absolute Gasteiger partial charge is 0.506 e. The van der Waals surface area contributed by atoms with Crippen LogP contribution in [0.1, 0.15) is 30.8 Å². The van der Waals surface area contributed by atoms with Crippen LogP contribution in [0.4, 0.5) is 0 Å². The molecule has 3 rings (SSSR count). The molecule has 1 aromatic rings. The van der Waals surface area contributed by atoms with E-state index < -0.39 is 0 Å². The number of nitrogens with zero attached hydrogens (tertiary/aromatic N) is 2. The van der Waals surface area contributed by atoms with E-state index in [2.05, 4.69) is 10.2 Å². The molecule has 0 unspecified atom stereocenters. The maximum Gasteiger partial charge on any atom is 0.201 e. The SMILES string of the molecule is CC(=O)/C(=C\C1=C(O)C(=C2C=C(C)OC(C)=C2)C1=O)c1nnc(C)s1. The fourth-order valence-electron chi connectivity index (χ4n) is 2.62. The monoisotopic (exact) mass is 356 g/mol. The zero-order valence-corrected chi connectivity index (χ0v) is 15.0. The first-order valence-electron chi connectivity index (χ1n) is 7.58. The van der Waals surface area contributed by atoms with Crippen LogP contribution in [-0.2, 0) is 14.3 Å². The molecule has 0 atom stereocenters. The molecule has 0 fully saturated rings. The summed E-state index contributed by atoms with van der Waals surface area (Å²) < 4.78 is 5.40. The minimum Gasteiger partial charge on any atom is -0.506 e. The van der Waals surface area contributed by atoms with Gasteiger partial charge in [-0.3, -0.25) is 9.59 Å². The number of aromatic nitrogens is 2. The van der Waals surface area contributed by atoms with Crippen molar-refractivity contribution in [1.29, 1.82) is 0 Å². The summed E-state index contributed by atoms with van der Waals surface area (Å²) in [5.74, 6) is 0.585. The lowest BCUT2D eigenvalue weighted by atomic mass is 9.82. The number of Topliss-reactive ketones (excluding diaryl/α,β-unsaturated/α-hetero) is 2. The third-order valence-corrected chi connectivity index (χ3v) is 4.59. The van der Waals surface area contributed by atoms with Gasteiger partial charge in [-0.05, 0) is 51.5 Å². The van der Waals surface area contributed by atoms with Gasteiger partial charge in [-0.15, -0.1) is 10.2 Å². The van der Waals surface area contributed by atoms with Gasteiger partial charge in [-0.2, -0.15) is 0 Å². The fourth-order valence-corrected chi connectivity index (χ4v) is 3.38. The van der Waals surface area contributed by atoms with Crippen LogP contribution in [0, 0.1) is 6.92 Å². The van der Waals surface area contributed by atoms with Crippen molar-refractivity contribution in [1.82, 2.24) is 10.2 Å². The number of aliphatic hydroxyl groups is 1. The summed E-state index contributed by atoms with van der Waals surface area (Å²) in [6, 6.07) is 0. The van der Waals surface area contributed by atoms with Gasteiger partial charge in [0.05, 0.1) is 16.7 Å². The molecule has 1 aromatic heterocycles. The number of carbonyl (C=O) groups is 2. The molecule has 0 radical (unpaired) electrons. The van der Waals surface area contributed by atoms with E-state index in [0.29, 0.717) is 27.1 Å². The van der Waals surface area contributed by atoms with E-state index in [9.17, 15) is 14.7 Å². The zero-order chi connectivity index (χ0) is 18.3. The lowest BCUT2D eigenvalue weighted by molar-refractivity contribution is -0.113. The molecule has 0 spiro atoms. The highest BCUT2D eigenvalue weighted by atomic mass is 32.1. The van der Waals surface area contributed by atoms with E-state index in [1.54, 1.807) is 32.9 Å². The zero-order valence-electron chi connectivity index (χ0n) is 14.2. The van der Waals surface area contributed by atoms with Crippen molar-refractivity contribution in [3.63, 3.8) is 0 Å². The van der Waals surface area contributed by atoms with Crippen LogP contribution < -0.4 is 0 Å². The Morgan fingerprint density at radius 3 is 2.32 bits per heavy atom. The number of ketones is 2. The second-order valence-electron chi connectivity index (χ2n) is 5.77. The summed E-state index contributed by atoms with van der Waals surface area (Å²) >= 11 is 1.26. The van der Waals surface area contributed by atoms with Crippen LogP contribution in [0.5, 0.6) is 0 Å². The number of rotatable bonds is 3. The van der Waals surface area contributed by atoms with E-state index in [4.69, 9.17) is 4.74 Å². The molecule has 7 heteroatoms. The predicted octanol–water partition coefficient (Wildman–Crippen LogP) is 3.35. The van der Waals surface area contributed by atoms with Crippen LogP contribution in [0.2, 0.25) is 0 Å². The summed E-state index contributed by atoms with van der Waals surface area (Å²) in [5.41, 5.74) is 1.18. The maximum atomic E-state index is 12.5. The van der Waals surface area contributed by atoms with Gasteiger partial charge in [0.1, 0.15) is 22.3 Å². The van der Waals surface area contributed by atoms with Gasteiger partial charge in [0.15, 0.2) is 10.8 Å². The fraction of sp³-hybridized carbons (Fsp3) is 0.222. The number of carbonyl (C=O) groups excluding carboxylic acids is 2. The minimum atomic E-state index is -0.317. The van der Waals surface area contributed by atoms with Crippen molar-refractivity contribution in [2.75, 3.05) is 0 Å². The number of aryl methyl sites for hydroxylation is 1. The van der Waals surface area contributed by atoms with Crippen LogP contribution in [0.15, 0.2) is 52.2 Å². The molecule has 1 aliphatic carbocycles. The lowest BCUT2D eigenvalue weighted by Crippen LogP contribution is -2.23. The molecule has 1 aliphatic heterocycles. The Morgan fingerprint density at radius 2 is 1.84 bits per heavy atom. The first kappa shape index (κ1) is 17.0. The number of hydrogen-bond acceptors (Lipinski definition) is 7. The van der Waals surface area contributed by atoms with Crippen LogP contribution >= 0.6 is 11.3 Å². The number of hydrogen-bond donors (Lipinski definition) is 1. The smallest absolute Gasteiger partial charge is 0.201 e. The quantitative estimate of drug-likeness (QED) is 0.836. The van der Waals surface area contributed by atoms with Crippen molar-refractivity contribution < 1.29 is 19.4 Å². The normalized spacial score (nSPS) is 17.9. The molecule has 0 saturated carbocycles. The lowest BCUT2D eigenvalue weighted by Gasteiger charge is -2.23. The summed E-state index contributed by atoms with van der Waals surface area (Å²) in [5, 5.41) is 19.3. The van der Waals surface area contributed by atoms with Crippen LogP contribution in [0.25, 0.3) is 5.57 Å². The van der Waals surface area contributed by atoms with Crippen molar-refractivity contribution in [3.8, 4) is 0 Å². The molecule has 2 heterocycles. The van der Waals surface area contributed by atoms with Gasteiger partial charge in [-0.25, -0.2) is 0 Å². The Morgan fingerprint density at radius 1 is 1.20 bits per heavy atom. The Balaban J connectivity index is 2.07. The van der Waals surface area contributed by atoms with Crippen LogP contribution in [0.3, 0.4) is 0 Å². The molecule has 6 nitrogen and oxygen atoms in total. The molecule has 1 N–H and O–H groups in total. The third-order valence-electron chi connectivity index (χ3n) is 3.72. The van der Waals surface area contributed by atoms with E-state index in [-0.39, 0.29) is 34.0 Å². The van der Waals surface area contributed by atoms with Gasteiger partial charge in [-0.1, -0.05) is 11.3 Å². The average Bonchev–Trinajstić information content (AvgIpc) is 2.92. The third kappa shape index (κ3) is 3.10. The van der Waals surface area contributed by atoms with Gasteiger partial charge in [0.2, 0.25) is 5.78 Å². The second kappa shape index (κ2) is 6.25. The van der Waals surface area contributed by atoms with Crippen molar-refractivity contribution in [3.05, 3.63) is 62.2 Å². The first-order chi connectivity index (χ1) is 11.8. The summed E-state index contributed by atoms with van der Waals surface area (Å²) in [7, 11) is 0. The van der Waals surface area contributed by atoms with Gasteiger partial charge in [0, 0.05) is 0 Å². The molecule has 0 bridgehead atoms. The Bertz CT molecular complexity index is 937. The summed E-state index contributed by atoms with van der Waals surface area (Å²) in [6.07, 6.45) is 4.77. The average molecular weight is 356 g/mol. The van der Waals surface area contributed by atoms with Gasteiger partial charge >= 0.3 is 0 Å². The molecule has 0 saturated heterocycles. The standard InChI is InChI=1S/C18H16N2O4S/c1-8-5-12(6-9(2)24-8)15-16(22)14(17(15)23)7-13(10(3)21)18-20-19-11(4)25-18/h5-7,22H,1-4H3/b13-7+. The number of aliphatic hydroxyl groups excluding tert-OH is 1. The van der Waals surface area contributed by atoms with E-state index in [1.165, 1.54) is 24.3 Å². The highest BCUT2D eigenvalue weighted by Gasteiger charge is 2.35. The van der Waals surface area contributed by atoms with Gasteiger partial charge < -0.3 is 9.84 Å². The van der Waals surface area contributed by atoms with Crippen molar-refractivity contribution in [2.24, 2.45) is 0 Å². The Kier molecular flexibility index (Phi) is 4.26. The first-order valence-corrected chi connectivity index (χ1v) is 8.39. The molecule has 25 heavy (non-hydrogen) atoms. The molecule has 0 aromatic carbocycles. The van der Waals surface area contributed by atoms with E-state index in [0.717, 1.165) is 0 Å². The number of ether oxygens (including phenoxy) is 1. The molecular formula is C18H16N2O4S. The molecule has 2 aliphatic rings. The predicted molar refractivity (Wildman–Crippen MR) is 93.6 cm³/mol. The van der Waals surface area contributed by atoms with Crippen molar-refractivity contribution >= 4 is 28.5 Å². The van der Waals surface area contributed by atoms with Crippen LogP contribution in [-0.4, -0.2) is 26.9 Å². The topological polar surface area (TPSA) is 89.4 Å². The van der Waals surface area contributed by atoms with E-state index >= 15 is 0 Å². The highest BCUT2D eigenvalue weighted by Crippen LogP contribution is 2.36. The Labute approximate surface area is 148 Å². The minimum absolute atomic E-state index is 0.101. The Hall–Kier alpha value is -2.80. The van der Waals surface area contributed by atoms with Gasteiger partial charge in [0.25, 0.3) is 0 Å². The number of allylic oxidation sites excluding steroid dienone is 9. The second-order valence-corrected chi connectivity index (χ2v) is 6.96. The summed E-state index contributed by atoms with van der Waals surface area (Å²) in [6.45, 7) is 6.71. The molecular weight excluding hydrogens is 340 g/mol. The van der Waals surface area contributed by atoms with E-state index in [1.807, 2.05) is 0 Å². The van der Waals surface area contributed by atoms with Crippen molar-refractivity contribution in [2.45, 2.75) is 27.7 Å².